The number of imidazole rings is 3. The molecule has 5 unspecified atom stereocenters. The molecule has 0 bridgehead atoms. The number of fused-ring (bicyclic) bond motifs is 3. The number of phosphoric acid groups is 1. The Morgan fingerprint density at radius 1 is 0.489 bits per heavy atom. The number of halogens is 3. The number of ether oxygens (including phenoxy) is 5. The van der Waals surface area contributed by atoms with Crippen LogP contribution >= 0.6 is 23.0 Å². The Morgan fingerprint density at radius 3 is 1.26 bits per heavy atom. The highest BCUT2D eigenvalue weighted by molar-refractivity contribution is 7.53. The van der Waals surface area contributed by atoms with E-state index < -0.39 is 103 Å². The molecule has 38 heteroatoms. The van der Waals surface area contributed by atoms with E-state index in [1.807, 2.05) is 72.8 Å². The van der Waals surface area contributed by atoms with Crippen LogP contribution in [0.2, 0.25) is 0 Å². The lowest BCUT2D eigenvalue weighted by atomic mass is 10.1. The molecule has 3 aromatic carbocycles. The van der Waals surface area contributed by atoms with E-state index in [-0.39, 0.29) is 61.7 Å². The van der Waals surface area contributed by atoms with Gasteiger partial charge in [-0.15, -0.1) is 0 Å². The van der Waals surface area contributed by atoms with Crippen molar-refractivity contribution in [3.8, 4) is 5.75 Å². The first-order valence-electron chi connectivity index (χ1n) is 27.8. The average Bonchev–Trinajstić information content (AvgIpc) is 1.66. The Hall–Kier alpha value is -7.53. The topological polar surface area (TPSA) is 433 Å². The molecule has 492 valence electrons. The number of nitrogen functional groups attached to an aromatic ring is 3. The van der Waals surface area contributed by atoms with Gasteiger partial charge in [-0.1, -0.05) is 72.8 Å². The zero-order chi connectivity index (χ0) is 65.5. The molecular formula is C54H63F3N15O17P3. The Morgan fingerprint density at radius 2 is 0.859 bits per heavy atom. The number of rotatable bonds is 22. The summed E-state index contributed by atoms with van der Waals surface area (Å²) in [5, 5.41) is 20.3. The molecule has 10 N–H and O–H groups in total. The number of hydrogen-bond donors (Lipinski definition) is 7. The van der Waals surface area contributed by atoms with Gasteiger partial charge in [0.25, 0.3) is 0 Å². The molecule has 0 aliphatic carbocycles. The number of aliphatic hydroxyl groups is 2. The molecule has 9 heterocycles. The van der Waals surface area contributed by atoms with Crippen molar-refractivity contribution in [2.45, 2.75) is 93.6 Å². The number of aliphatic hydroxyl groups excluding tert-OH is 2. The minimum absolute atomic E-state index is 0.0899. The predicted molar refractivity (Wildman–Crippen MR) is 319 cm³/mol. The third kappa shape index (κ3) is 16.1. The van der Waals surface area contributed by atoms with Gasteiger partial charge in [-0.2, -0.15) is 0 Å². The number of aromatic nitrogens is 12. The number of nitrogens with zero attached hydrogens (tertiary/aromatic N) is 12. The first-order chi connectivity index (χ1) is 44.0. The predicted octanol–water partition coefficient (Wildman–Crippen LogP) is 5.47. The minimum atomic E-state index is -4.77. The van der Waals surface area contributed by atoms with Crippen LogP contribution in [0, 0.1) is 0 Å². The first-order valence-corrected chi connectivity index (χ1v) is 33.3. The largest absolute Gasteiger partial charge is 0.497 e. The van der Waals surface area contributed by atoms with E-state index in [1.54, 1.807) is 23.8 Å². The number of hydrogen-bond acceptors (Lipinski definition) is 27. The lowest BCUT2D eigenvalue weighted by Crippen LogP contribution is -2.32. The highest BCUT2D eigenvalue weighted by Crippen LogP contribution is 2.48. The molecule has 3 aliphatic rings. The van der Waals surface area contributed by atoms with Crippen LogP contribution < -0.4 is 21.9 Å². The van der Waals surface area contributed by atoms with E-state index in [0.29, 0.717) is 28.1 Å². The summed E-state index contributed by atoms with van der Waals surface area (Å²) >= 11 is 0. The van der Waals surface area contributed by atoms with E-state index in [9.17, 15) is 32.7 Å². The van der Waals surface area contributed by atoms with Crippen LogP contribution in [-0.4, -0.2) is 174 Å². The zero-order valence-corrected chi connectivity index (χ0v) is 51.6. The van der Waals surface area contributed by atoms with Crippen molar-refractivity contribution in [3.05, 3.63) is 140 Å². The van der Waals surface area contributed by atoms with E-state index in [4.69, 9.17) is 68.8 Å². The Labute approximate surface area is 520 Å². The number of alkyl halides is 3. The Kier molecular flexibility index (Phi) is 21.4. The van der Waals surface area contributed by atoms with Crippen molar-refractivity contribution in [1.82, 2.24) is 58.6 Å². The van der Waals surface area contributed by atoms with Crippen molar-refractivity contribution in [1.29, 1.82) is 0 Å². The normalized spacial score (nSPS) is 25.2. The maximum absolute atomic E-state index is 15.8. The second-order valence-electron chi connectivity index (χ2n) is 20.8. The SMILES string of the molecule is COc1ccc(COC2[C@H](n3cnc4c(N)ncnc43)O[C@H](COP(C)(=O)OCc3ccccc3)[C@H]2F)cc1.CP(=O)(OCc1ccccc1)OC[C@H]1O[C@@H](n2cnc3c(N)ncnc32)C(O)[C@@H]1F.Nc1ncnc2c1ncn2[C@@H]1O[C@H](COP(=O)(O)O)[C@@H](F)C1O. The molecule has 12 rings (SSSR count). The third-order valence-electron chi connectivity index (χ3n) is 14.4. The molecule has 0 saturated carbocycles. The van der Waals surface area contributed by atoms with Gasteiger partial charge in [0, 0.05) is 13.3 Å². The van der Waals surface area contributed by atoms with Crippen LogP contribution in [0.4, 0.5) is 30.6 Å². The standard InChI is InChI=1S/C26H29FN5O6P.C18H21FN5O5P.C10H13FN5O6P/c1-34-19-10-8-18(9-11-19)12-35-23-21(27)20(14-37-39(2,33)36-13-17-6-4-3-5-7-17)38-26(23)32-16-31-22-24(28)29-15-30-25(22)32;1-30(26,27-7-11-5-3-2-4-6-11)28-8-12-13(19)15(25)18(29-12)24-10-23-14-16(20)21-9-22-17(14)24;11-5-4(1-21-23(18,19)20)22-10(7(5)17)16-3-15-6-8(12)13-2-14-9(6)16/h3-11,15-16,20-21,23,26H,12-14H2,1-2H3,(H2,28,29,30);2-6,9-10,12-13,15,18,25H,7-8H2,1H3,(H2,20,21,22);2-5,7,10,17H,1H2,(H2,12,13,14)(H2,18,19,20)/t20-,21-,23?,26-,39?;12-,13-,15?,18-,30?;4-,5-,7?,10-/m111/s1. The molecule has 14 atom stereocenters. The first kappa shape index (κ1) is 67.4. The number of anilines is 3. The second-order valence-corrected chi connectivity index (χ2v) is 26.2. The van der Waals surface area contributed by atoms with Crippen LogP contribution in [0.1, 0.15) is 35.4 Å². The molecule has 0 spiro atoms. The Bertz CT molecular complexity index is 4080. The highest BCUT2D eigenvalue weighted by Gasteiger charge is 2.50. The molecule has 3 fully saturated rings. The van der Waals surface area contributed by atoms with Gasteiger partial charge in [0.2, 0.25) is 0 Å². The number of benzene rings is 3. The molecule has 9 aromatic rings. The summed E-state index contributed by atoms with van der Waals surface area (Å²) in [6.45, 7) is 1.55. The number of nitrogens with two attached hydrogens (primary N) is 3. The van der Waals surface area contributed by atoms with Gasteiger partial charge < -0.3 is 79.0 Å². The number of methoxy groups -OCH3 is 1. The van der Waals surface area contributed by atoms with Crippen molar-refractivity contribution < 1.29 is 93.2 Å². The number of phosphoric ester groups is 1. The molecule has 6 aromatic heterocycles. The van der Waals surface area contributed by atoms with Gasteiger partial charge in [-0.05, 0) is 28.8 Å². The average molecular weight is 1340 g/mol. The summed E-state index contributed by atoms with van der Waals surface area (Å²) in [6, 6.07) is 25.7. The van der Waals surface area contributed by atoms with E-state index in [2.05, 4.69) is 49.4 Å². The highest BCUT2D eigenvalue weighted by atomic mass is 31.2. The molecule has 3 saturated heterocycles. The van der Waals surface area contributed by atoms with E-state index in [0.717, 1.165) is 16.7 Å². The fourth-order valence-electron chi connectivity index (χ4n) is 9.65. The summed E-state index contributed by atoms with van der Waals surface area (Å²) in [4.78, 5) is 53.5. The maximum Gasteiger partial charge on any atom is 0.469 e. The molecule has 32 nitrogen and oxygen atoms in total. The van der Waals surface area contributed by atoms with Gasteiger partial charge >= 0.3 is 23.0 Å². The smallest absolute Gasteiger partial charge is 0.469 e. The molecule has 3 aliphatic heterocycles. The molecule has 0 radical (unpaired) electrons. The van der Waals surface area contributed by atoms with Crippen LogP contribution in [-0.2, 0) is 75.1 Å². The van der Waals surface area contributed by atoms with Gasteiger partial charge in [0.1, 0.15) is 77.9 Å². The summed E-state index contributed by atoms with van der Waals surface area (Å²) in [5.74, 6) is 1.15. The molecular weight excluding hydrogens is 1280 g/mol. The summed E-state index contributed by atoms with van der Waals surface area (Å²) in [5.41, 5.74) is 21.6. The van der Waals surface area contributed by atoms with Crippen molar-refractivity contribution in [3.63, 3.8) is 0 Å². The quantitative estimate of drug-likeness (QED) is 0.0413. The monoisotopic (exact) mass is 1340 g/mol. The maximum atomic E-state index is 15.8. The van der Waals surface area contributed by atoms with Crippen LogP contribution in [0.3, 0.4) is 0 Å². The van der Waals surface area contributed by atoms with Crippen molar-refractivity contribution in [2.75, 3.05) is 57.5 Å². The van der Waals surface area contributed by atoms with Crippen LogP contribution in [0.5, 0.6) is 5.75 Å². The van der Waals surface area contributed by atoms with Gasteiger partial charge in [-0.25, -0.2) is 62.6 Å². The lowest BCUT2D eigenvalue weighted by molar-refractivity contribution is -0.0733. The van der Waals surface area contributed by atoms with E-state index in [1.165, 1.54) is 60.4 Å². The fraction of sp³-hybridized carbons (Fsp3) is 0.389. The third-order valence-corrected chi connectivity index (χ3v) is 17.3. The Balaban J connectivity index is 0.000000157. The lowest BCUT2D eigenvalue weighted by Gasteiger charge is -2.21. The second kappa shape index (κ2) is 29.2. The summed E-state index contributed by atoms with van der Waals surface area (Å²) in [7, 11) is -10.2. The summed E-state index contributed by atoms with van der Waals surface area (Å²) < 4.78 is 139. The van der Waals surface area contributed by atoms with Gasteiger partial charge in [0.05, 0.1) is 65.7 Å². The van der Waals surface area contributed by atoms with Crippen molar-refractivity contribution in [2.24, 2.45) is 0 Å². The molecule has 92 heavy (non-hydrogen) atoms. The van der Waals surface area contributed by atoms with Crippen LogP contribution in [0.25, 0.3) is 33.5 Å². The fourth-order valence-corrected chi connectivity index (χ4v) is 11.7. The van der Waals surface area contributed by atoms with Gasteiger partial charge in [-0.3, -0.25) is 27.4 Å². The molecule has 0 amide bonds. The van der Waals surface area contributed by atoms with E-state index >= 15 is 4.39 Å². The zero-order valence-electron chi connectivity index (χ0n) is 48.9. The van der Waals surface area contributed by atoms with Gasteiger partial charge in [0.15, 0.2) is 71.6 Å². The summed E-state index contributed by atoms with van der Waals surface area (Å²) in [6.07, 6.45) is -8.60. The van der Waals surface area contributed by atoms with Crippen LogP contribution in [0.15, 0.2) is 123 Å². The van der Waals surface area contributed by atoms with Crippen molar-refractivity contribution >= 4 is 74.0 Å². The minimum Gasteiger partial charge on any atom is -0.497 e.